The Kier molecular flexibility index (Phi) is 5.50. The first-order valence-electron chi connectivity index (χ1n) is 11.2. The van der Waals surface area contributed by atoms with Crippen molar-refractivity contribution < 1.29 is 4.74 Å². The molecule has 1 unspecified atom stereocenters. The molecule has 0 saturated heterocycles. The van der Waals surface area contributed by atoms with Gasteiger partial charge < -0.3 is 10.1 Å². The molecule has 4 heteroatoms. The highest BCUT2D eigenvalue weighted by molar-refractivity contribution is 5.92. The number of nitrogens with zero attached hydrogens (tertiary/aromatic N) is 2. The summed E-state index contributed by atoms with van der Waals surface area (Å²) in [5.41, 5.74) is 8.75. The molecule has 1 N–H and O–H groups in total. The lowest BCUT2D eigenvalue weighted by Gasteiger charge is -2.19. The van der Waals surface area contributed by atoms with Crippen LogP contribution in [-0.4, -0.2) is 4.98 Å². The van der Waals surface area contributed by atoms with Crippen molar-refractivity contribution in [1.29, 1.82) is 5.26 Å². The van der Waals surface area contributed by atoms with Gasteiger partial charge in [-0.3, -0.25) is 0 Å². The number of rotatable bonds is 7. The second-order valence-corrected chi connectivity index (χ2v) is 8.39. The maximum Gasteiger partial charge on any atom is 0.221 e. The summed E-state index contributed by atoms with van der Waals surface area (Å²) in [6.07, 6.45) is 8.60. The minimum atomic E-state index is 0.389. The highest BCUT2D eigenvalue weighted by Gasteiger charge is 2.30. The predicted octanol–water partition coefficient (Wildman–Crippen LogP) is 6.92. The molecule has 2 aromatic carbocycles. The topological polar surface area (TPSA) is 57.9 Å². The van der Waals surface area contributed by atoms with Gasteiger partial charge in [0.1, 0.15) is 5.75 Å². The van der Waals surface area contributed by atoms with Gasteiger partial charge in [0.2, 0.25) is 5.88 Å². The Morgan fingerprint density at radius 3 is 2.72 bits per heavy atom. The molecule has 1 saturated carbocycles. The van der Waals surface area contributed by atoms with Crippen LogP contribution in [0.25, 0.3) is 10.9 Å². The highest BCUT2D eigenvalue weighted by Crippen LogP contribution is 2.43. The lowest BCUT2D eigenvalue weighted by Crippen LogP contribution is -2.08. The zero-order chi connectivity index (χ0) is 21.9. The molecule has 1 heterocycles. The molecule has 0 aliphatic heterocycles. The Morgan fingerprint density at radius 1 is 1.16 bits per heavy atom. The molecule has 0 spiro atoms. The zero-order valence-corrected chi connectivity index (χ0v) is 18.1. The number of fused-ring (bicyclic) bond motifs is 1. The van der Waals surface area contributed by atoms with Crippen LogP contribution < -0.4 is 10.1 Å². The molecule has 2 aliphatic carbocycles. The minimum Gasteiger partial charge on any atom is -0.439 e. The van der Waals surface area contributed by atoms with Crippen molar-refractivity contribution >= 4 is 16.6 Å². The van der Waals surface area contributed by atoms with E-state index in [0.717, 1.165) is 40.2 Å². The summed E-state index contributed by atoms with van der Waals surface area (Å²) in [4.78, 5) is 4.69. The average Bonchev–Trinajstić information content (AvgIpc) is 3.66. The van der Waals surface area contributed by atoms with Crippen LogP contribution in [0.3, 0.4) is 0 Å². The molecule has 5 rings (SSSR count). The van der Waals surface area contributed by atoms with E-state index in [4.69, 9.17) is 15.0 Å². The average molecular weight is 420 g/mol. The van der Waals surface area contributed by atoms with E-state index in [0.29, 0.717) is 24.0 Å². The van der Waals surface area contributed by atoms with Crippen LogP contribution in [0.2, 0.25) is 0 Å². The lowest BCUT2D eigenvalue weighted by molar-refractivity contribution is 0.465. The van der Waals surface area contributed by atoms with Crippen molar-refractivity contribution in [3.8, 4) is 17.7 Å². The third kappa shape index (κ3) is 4.30. The van der Waals surface area contributed by atoms with Crippen molar-refractivity contribution in [2.24, 2.45) is 11.8 Å². The molecular formula is C28H25N3O. The van der Waals surface area contributed by atoms with Gasteiger partial charge in [-0.05, 0) is 61.1 Å². The molecule has 1 fully saturated rings. The second kappa shape index (κ2) is 8.75. The van der Waals surface area contributed by atoms with Crippen LogP contribution in [0.15, 0.2) is 83.8 Å². The summed E-state index contributed by atoms with van der Waals surface area (Å²) < 4.78 is 6.07. The van der Waals surface area contributed by atoms with Gasteiger partial charge in [0.25, 0.3) is 0 Å². The van der Waals surface area contributed by atoms with E-state index < -0.39 is 0 Å². The Hall–Kier alpha value is -3.80. The van der Waals surface area contributed by atoms with Gasteiger partial charge in [0, 0.05) is 17.4 Å². The number of allylic oxidation sites excluding steroid dienone is 2. The third-order valence-electron chi connectivity index (χ3n) is 6.06. The van der Waals surface area contributed by atoms with Crippen LogP contribution in [0.5, 0.6) is 11.6 Å². The Morgan fingerprint density at radius 2 is 1.97 bits per heavy atom. The largest absolute Gasteiger partial charge is 0.439 e. The maximum absolute atomic E-state index is 8.86. The van der Waals surface area contributed by atoms with Gasteiger partial charge in [0.15, 0.2) is 0 Å². The molecule has 0 radical (unpaired) electrons. The standard InChI is InChI=1S/C28H25N3O/c1-2-20-11-12-22(17-25(20)21-9-10-21)30-27-18-28(31-26-6-4-3-5-24(26)27)32-23-13-7-19(8-14-23)15-16-29/h3-8,11,13-14,17-18,20-21H,2,9-10,15H2,1H3,(H,30,31). The van der Waals surface area contributed by atoms with Crippen LogP contribution in [0.4, 0.5) is 5.69 Å². The fourth-order valence-electron chi connectivity index (χ4n) is 4.20. The van der Waals surface area contributed by atoms with Crippen LogP contribution >= 0.6 is 0 Å². The van der Waals surface area contributed by atoms with Crippen molar-refractivity contribution in [2.45, 2.75) is 32.6 Å². The number of benzene rings is 2. The molecule has 1 atom stereocenters. The van der Waals surface area contributed by atoms with E-state index in [-0.39, 0.29) is 0 Å². The van der Waals surface area contributed by atoms with Crippen LogP contribution in [-0.2, 0) is 6.42 Å². The molecule has 0 bridgehead atoms. The van der Waals surface area contributed by atoms with E-state index in [1.165, 1.54) is 18.4 Å². The molecule has 1 aromatic heterocycles. The summed E-state index contributed by atoms with van der Waals surface area (Å²) in [6.45, 7) is 2.24. The smallest absolute Gasteiger partial charge is 0.221 e. The number of hydrogen-bond donors (Lipinski definition) is 1. The first-order valence-corrected chi connectivity index (χ1v) is 11.2. The van der Waals surface area contributed by atoms with E-state index >= 15 is 0 Å². The van der Waals surface area contributed by atoms with Gasteiger partial charge in [0.05, 0.1) is 29.4 Å². The summed E-state index contributed by atoms with van der Waals surface area (Å²) in [5.74, 6) is 2.45. The molecule has 3 aromatic rings. The second-order valence-electron chi connectivity index (χ2n) is 8.39. The zero-order valence-electron chi connectivity index (χ0n) is 18.1. The first-order chi connectivity index (χ1) is 15.7. The highest BCUT2D eigenvalue weighted by atomic mass is 16.5. The van der Waals surface area contributed by atoms with Gasteiger partial charge in [-0.25, -0.2) is 4.98 Å². The van der Waals surface area contributed by atoms with Gasteiger partial charge in [-0.15, -0.1) is 0 Å². The fourth-order valence-corrected chi connectivity index (χ4v) is 4.20. The predicted molar refractivity (Wildman–Crippen MR) is 127 cm³/mol. The van der Waals surface area contributed by atoms with Crippen molar-refractivity contribution in [1.82, 2.24) is 4.98 Å². The summed E-state index contributed by atoms with van der Waals surface area (Å²) >= 11 is 0. The number of nitriles is 1. The first kappa shape index (κ1) is 20.1. The fraction of sp³-hybridized carbons (Fsp3) is 0.250. The van der Waals surface area contributed by atoms with Gasteiger partial charge in [-0.1, -0.05) is 48.6 Å². The number of aromatic nitrogens is 1. The van der Waals surface area contributed by atoms with Crippen LogP contribution in [0, 0.1) is 23.2 Å². The summed E-state index contributed by atoms with van der Waals surface area (Å²) in [7, 11) is 0. The van der Waals surface area contributed by atoms with E-state index in [1.807, 2.05) is 48.5 Å². The number of para-hydroxylation sites is 1. The Balaban J connectivity index is 1.46. The third-order valence-corrected chi connectivity index (χ3v) is 6.06. The van der Waals surface area contributed by atoms with Gasteiger partial charge in [-0.2, -0.15) is 5.26 Å². The van der Waals surface area contributed by atoms with E-state index in [2.05, 4.69) is 42.3 Å². The monoisotopic (exact) mass is 419 g/mol. The number of ether oxygens (including phenoxy) is 1. The molecule has 2 aliphatic rings. The van der Waals surface area contributed by atoms with Crippen LogP contribution in [0.1, 0.15) is 31.7 Å². The quantitative estimate of drug-likeness (QED) is 0.422. The lowest BCUT2D eigenvalue weighted by atomic mass is 9.89. The van der Waals surface area contributed by atoms with Crippen molar-refractivity contribution in [3.63, 3.8) is 0 Å². The van der Waals surface area contributed by atoms with E-state index in [1.54, 1.807) is 0 Å². The number of hydrogen-bond acceptors (Lipinski definition) is 4. The minimum absolute atomic E-state index is 0.389. The number of pyridine rings is 1. The summed E-state index contributed by atoms with van der Waals surface area (Å²) in [5, 5.41) is 13.5. The number of nitrogens with one attached hydrogen (secondary N) is 1. The SMILES string of the molecule is CCC1C=C=C(Nc2cc(Oc3ccc(CC#N)cc3)nc3ccccc23)C=C1C1CC1. The normalized spacial score (nSPS) is 17.4. The molecule has 158 valence electrons. The molecule has 32 heavy (non-hydrogen) atoms. The van der Waals surface area contributed by atoms with Gasteiger partial charge >= 0.3 is 0 Å². The summed E-state index contributed by atoms with van der Waals surface area (Å²) in [6, 6.07) is 19.7. The Labute approximate surface area is 188 Å². The number of anilines is 1. The Bertz CT molecular complexity index is 1290. The van der Waals surface area contributed by atoms with Crippen molar-refractivity contribution in [2.75, 3.05) is 5.32 Å². The molecule has 0 amide bonds. The molecule has 4 nitrogen and oxygen atoms in total. The van der Waals surface area contributed by atoms with Crippen molar-refractivity contribution in [3.05, 3.63) is 89.3 Å². The maximum atomic E-state index is 8.86. The molecular weight excluding hydrogens is 394 g/mol. The van der Waals surface area contributed by atoms with E-state index in [9.17, 15) is 0 Å².